The van der Waals surface area contributed by atoms with Gasteiger partial charge in [-0.3, -0.25) is 0 Å². The average Bonchev–Trinajstić information content (AvgIpc) is 3.72. The second kappa shape index (κ2) is 12.8. The number of aliphatic hydroxyl groups excluding tert-OH is 1. The minimum atomic E-state index is -3.94. The van der Waals surface area contributed by atoms with Gasteiger partial charge < -0.3 is 20.1 Å². The number of sulfonamides is 1. The number of likely N-dealkylation sites (tertiary alicyclic amines) is 1. The second-order valence-corrected chi connectivity index (χ2v) is 21.4. The third-order valence-electron chi connectivity index (χ3n) is 9.16. The van der Waals surface area contributed by atoms with Crippen molar-refractivity contribution >= 4 is 29.7 Å². The summed E-state index contributed by atoms with van der Waals surface area (Å²) in [5, 5.41) is 16.8. The number of hydrogen-bond donors (Lipinski definition) is 2. The molecule has 45 heavy (non-hydrogen) atoms. The van der Waals surface area contributed by atoms with Crippen LogP contribution in [0.15, 0.2) is 35.6 Å². The number of nitrogens with zero attached hydrogens (tertiary/aromatic N) is 6. The van der Waals surface area contributed by atoms with Crippen molar-refractivity contribution in [2.75, 3.05) is 51.3 Å². The lowest BCUT2D eigenvalue weighted by atomic mass is 9.81. The summed E-state index contributed by atoms with van der Waals surface area (Å²) in [5.41, 5.74) is 4.47. The number of fused-ring (bicyclic) bond motifs is 1. The molecule has 2 aliphatic heterocycles. The van der Waals surface area contributed by atoms with E-state index in [1.807, 2.05) is 6.07 Å². The number of hydrogen-bond acceptors (Lipinski definition) is 9. The zero-order chi connectivity index (χ0) is 31.8. The highest BCUT2D eigenvalue weighted by atomic mass is 32.2. The minimum Gasteiger partial charge on any atom is -0.396 e. The number of ether oxygens (including phenoxy) is 1. The molecule has 0 atom stereocenters. The molecule has 2 N–H and O–H groups in total. The lowest BCUT2D eigenvalue weighted by Gasteiger charge is -2.46. The summed E-state index contributed by atoms with van der Waals surface area (Å²) in [6.07, 6.45) is 5.88. The number of benzene rings is 1. The van der Waals surface area contributed by atoms with Crippen LogP contribution in [0.4, 0.5) is 16.0 Å². The number of anilines is 2. The Balaban J connectivity index is 1.28. The fourth-order valence-electron chi connectivity index (χ4n) is 6.63. The molecule has 1 aromatic carbocycles. The van der Waals surface area contributed by atoms with Gasteiger partial charge >= 0.3 is 0 Å². The first-order chi connectivity index (χ1) is 21.5. The van der Waals surface area contributed by atoms with Gasteiger partial charge in [-0.15, -0.1) is 5.10 Å². The lowest BCUT2D eigenvalue weighted by molar-refractivity contribution is 0.0747. The Morgan fingerprint density at radius 3 is 2.73 bits per heavy atom. The molecule has 2 aromatic heterocycles. The van der Waals surface area contributed by atoms with Crippen LogP contribution < -0.4 is 5.32 Å². The van der Waals surface area contributed by atoms with E-state index in [-0.39, 0.29) is 29.9 Å². The zero-order valence-corrected chi connectivity index (χ0v) is 28.2. The highest BCUT2D eigenvalue weighted by molar-refractivity contribution is 7.89. The average molecular weight is 658 g/mol. The van der Waals surface area contributed by atoms with Gasteiger partial charge in [0, 0.05) is 70.7 Å². The molecule has 6 rings (SSSR count). The summed E-state index contributed by atoms with van der Waals surface area (Å²) in [6.45, 7) is 11.0. The van der Waals surface area contributed by atoms with E-state index in [4.69, 9.17) is 4.74 Å². The predicted molar refractivity (Wildman–Crippen MR) is 173 cm³/mol. The minimum absolute atomic E-state index is 0.0489. The van der Waals surface area contributed by atoms with E-state index in [0.29, 0.717) is 25.3 Å². The lowest BCUT2D eigenvalue weighted by Crippen LogP contribution is -2.59. The smallest absolute Gasteiger partial charge is 0.284 e. The molecule has 4 heterocycles. The molecular weight excluding hydrogens is 614 g/mol. The van der Waals surface area contributed by atoms with Crippen LogP contribution >= 0.6 is 0 Å². The monoisotopic (exact) mass is 657 g/mol. The molecule has 0 amide bonds. The Morgan fingerprint density at radius 2 is 1.98 bits per heavy atom. The highest BCUT2D eigenvalue weighted by Crippen LogP contribution is 2.42. The normalized spacial score (nSPS) is 18.4. The molecule has 2 fully saturated rings. The van der Waals surface area contributed by atoms with E-state index in [2.05, 4.69) is 51.0 Å². The zero-order valence-electron chi connectivity index (χ0n) is 26.4. The van der Waals surface area contributed by atoms with Crippen LogP contribution in [0.25, 0.3) is 11.1 Å². The van der Waals surface area contributed by atoms with Crippen LogP contribution in [-0.2, 0) is 34.3 Å². The molecular formula is C31H44FN7O4SSi. The van der Waals surface area contributed by atoms with Crippen molar-refractivity contribution in [3.63, 3.8) is 0 Å². The van der Waals surface area contributed by atoms with E-state index >= 15 is 0 Å². The fourth-order valence-corrected chi connectivity index (χ4v) is 8.91. The standard InChI is InChI=1S/C31H44FN7O4SSi/c1-45(2,3)17-16-43-22-39-29(34-28-25-7-4-6-23(25)8-9-26(28)24-10-12-33-27(32)18-24)35-30(36-39)44(41,42)38-20-31(21-38)11-14-37(19-31)13-5-15-40/h8-10,12,18,40H,4-7,11,13-17,19-22H2,1-3H3,(H,34,35,36). The van der Waals surface area contributed by atoms with Gasteiger partial charge in [0.25, 0.3) is 15.2 Å². The Hall–Kier alpha value is -2.75. The first-order valence-corrected chi connectivity index (χ1v) is 21.0. The molecule has 1 spiro atoms. The number of pyridine rings is 1. The van der Waals surface area contributed by atoms with Gasteiger partial charge in [-0.1, -0.05) is 31.8 Å². The summed E-state index contributed by atoms with van der Waals surface area (Å²) < 4.78 is 50.8. The highest BCUT2D eigenvalue weighted by Gasteiger charge is 2.52. The number of aryl methyl sites for hydroxylation is 1. The number of nitrogens with one attached hydrogen (secondary N) is 1. The van der Waals surface area contributed by atoms with Crippen molar-refractivity contribution in [2.45, 2.75) is 69.7 Å². The summed E-state index contributed by atoms with van der Waals surface area (Å²) in [4.78, 5) is 10.6. The van der Waals surface area contributed by atoms with E-state index < -0.39 is 24.0 Å². The van der Waals surface area contributed by atoms with Gasteiger partial charge in [-0.25, -0.2) is 18.1 Å². The van der Waals surface area contributed by atoms with Crippen LogP contribution in [0.1, 0.15) is 30.4 Å². The molecule has 3 aliphatic rings. The number of rotatable bonds is 13. The van der Waals surface area contributed by atoms with E-state index in [1.165, 1.54) is 26.8 Å². The largest absolute Gasteiger partial charge is 0.396 e. The van der Waals surface area contributed by atoms with E-state index in [9.17, 15) is 17.9 Å². The van der Waals surface area contributed by atoms with Crippen molar-refractivity contribution < 1.29 is 22.7 Å². The summed E-state index contributed by atoms with van der Waals surface area (Å²) in [5.74, 6) is -0.304. The topological polar surface area (TPSA) is 126 Å². The summed E-state index contributed by atoms with van der Waals surface area (Å²) >= 11 is 0. The Bertz CT molecular complexity index is 1640. The number of aromatic nitrogens is 4. The molecule has 0 bridgehead atoms. The molecule has 2 saturated heterocycles. The van der Waals surface area contributed by atoms with Crippen molar-refractivity contribution in [3.8, 4) is 11.1 Å². The van der Waals surface area contributed by atoms with Crippen LogP contribution in [0, 0.1) is 11.4 Å². The van der Waals surface area contributed by atoms with Gasteiger partial charge in [0.15, 0.2) is 0 Å². The maximum atomic E-state index is 14.2. The molecule has 14 heteroatoms. The van der Waals surface area contributed by atoms with Gasteiger partial charge in [0.05, 0.1) is 5.69 Å². The van der Waals surface area contributed by atoms with Crippen molar-refractivity contribution in [1.29, 1.82) is 0 Å². The van der Waals surface area contributed by atoms with Gasteiger partial charge in [0.2, 0.25) is 11.9 Å². The van der Waals surface area contributed by atoms with Crippen molar-refractivity contribution in [2.24, 2.45) is 5.41 Å². The Labute approximate surface area is 265 Å². The predicted octanol–water partition coefficient (Wildman–Crippen LogP) is 4.10. The number of halogens is 1. The fraction of sp³-hybridized carbons (Fsp3) is 0.581. The van der Waals surface area contributed by atoms with Crippen LogP contribution in [0.2, 0.25) is 25.7 Å². The van der Waals surface area contributed by atoms with Gasteiger partial charge in [-0.05, 0) is 67.4 Å². The molecule has 3 aromatic rings. The van der Waals surface area contributed by atoms with Gasteiger partial charge in [-0.2, -0.15) is 13.7 Å². The quantitative estimate of drug-likeness (QED) is 0.159. The molecule has 0 saturated carbocycles. The third-order valence-corrected chi connectivity index (χ3v) is 12.4. The number of aliphatic hydroxyl groups is 1. The summed E-state index contributed by atoms with van der Waals surface area (Å²) in [6, 6.07) is 8.17. The van der Waals surface area contributed by atoms with Crippen molar-refractivity contribution in [1.82, 2.24) is 29.0 Å². The molecule has 244 valence electrons. The third kappa shape index (κ3) is 7.00. The Morgan fingerprint density at radius 1 is 1.16 bits per heavy atom. The van der Waals surface area contributed by atoms with Crippen molar-refractivity contribution in [3.05, 3.63) is 47.5 Å². The van der Waals surface area contributed by atoms with Crippen LogP contribution in [0.3, 0.4) is 0 Å². The Kier molecular flexibility index (Phi) is 9.16. The molecule has 0 unspecified atom stereocenters. The molecule has 0 radical (unpaired) electrons. The molecule has 1 aliphatic carbocycles. The van der Waals surface area contributed by atoms with E-state index in [1.54, 1.807) is 6.07 Å². The second-order valence-electron chi connectivity index (χ2n) is 13.9. The first kappa shape index (κ1) is 32.2. The SMILES string of the molecule is C[Si](C)(C)CCOCn1nc(S(=O)(=O)N2CC3(CCN(CCCO)C3)C2)nc1Nc1c(-c2ccnc(F)c2)ccc2c1CCC2. The van der Waals surface area contributed by atoms with Crippen LogP contribution in [-0.4, -0.2) is 96.5 Å². The van der Waals surface area contributed by atoms with Crippen LogP contribution in [0.5, 0.6) is 0 Å². The maximum absolute atomic E-state index is 14.2. The summed E-state index contributed by atoms with van der Waals surface area (Å²) in [7, 11) is -5.28. The first-order valence-electron chi connectivity index (χ1n) is 15.9. The molecule has 11 nitrogen and oxygen atoms in total. The van der Waals surface area contributed by atoms with E-state index in [0.717, 1.165) is 74.6 Å². The van der Waals surface area contributed by atoms with Gasteiger partial charge in [0.1, 0.15) is 6.73 Å². The maximum Gasteiger partial charge on any atom is 0.284 e.